The van der Waals surface area contributed by atoms with Crippen LogP contribution >= 0.6 is 0 Å². The molecule has 3 heterocycles. The molecule has 126 valence electrons. The summed E-state index contributed by atoms with van der Waals surface area (Å²) in [5, 5.41) is 14.3. The molecule has 0 spiro atoms. The molecule has 0 aliphatic carbocycles. The number of benzene rings is 1. The summed E-state index contributed by atoms with van der Waals surface area (Å²) < 4.78 is 7.34. The van der Waals surface area contributed by atoms with Gasteiger partial charge in [0.1, 0.15) is 5.69 Å². The summed E-state index contributed by atoms with van der Waals surface area (Å²) >= 11 is 0. The molecule has 1 N–H and O–H groups in total. The van der Waals surface area contributed by atoms with Gasteiger partial charge in [-0.1, -0.05) is 12.1 Å². The van der Waals surface area contributed by atoms with Crippen molar-refractivity contribution in [3.8, 4) is 11.1 Å². The maximum Gasteiger partial charge on any atom is 0.293 e. The highest BCUT2D eigenvalue weighted by molar-refractivity contribution is 5.88. The Bertz CT molecular complexity index is 863. The number of nitrogens with zero attached hydrogens (tertiary/aromatic N) is 3. The number of hydrogen-bond donors (Lipinski definition) is 1. The lowest BCUT2D eigenvalue weighted by atomic mass is 9.97. The molecule has 0 bridgehead atoms. The van der Waals surface area contributed by atoms with E-state index in [2.05, 4.69) is 5.10 Å². The minimum Gasteiger partial charge on any atom is -0.381 e. The Balaban J connectivity index is 1.91. The topological polar surface area (TPSA) is 93.4 Å². The summed E-state index contributed by atoms with van der Waals surface area (Å²) in [5.74, 6) is 0. The van der Waals surface area contributed by atoms with Crippen LogP contribution in [0.5, 0.6) is 0 Å². The Kier molecular flexibility index (Phi) is 3.42. The summed E-state index contributed by atoms with van der Waals surface area (Å²) in [6, 6.07) is 5.08. The van der Waals surface area contributed by atoms with Crippen molar-refractivity contribution in [3.05, 3.63) is 44.4 Å². The molecule has 2 aliphatic rings. The van der Waals surface area contributed by atoms with Crippen LogP contribution in [0.4, 0.5) is 11.4 Å². The van der Waals surface area contributed by atoms with Crippen LogP contribution in [0, 0.1) is 10.1 Å². The van der Waals surface area contributed by atoms with Crippen LogP contribution in [0.1, 0.15) is 24.6 Å². The predicted octanol–water partition coefficient (Wildman–Crippen LogP) is 2.05. The summed E-state index contributed by atoms with van der Waals surface area (Å²) in [4.78, 5) is 25.4. The van der Waals surface area contributed by atoms with Gasteiger partial charge in [-0.05, 0) is 12.8 Å². The van der Waals surface area contributed by atoms with E-state index in [9.17, 15) is 14.9 Å². The van der Waals surface area contributed by atoms with E-state index < -0.39 is 4.92 Å². The predicted molar refractivity (Wildman–Crippen MR) is 88.3 cm³/mol. The molecule has 0 unspecified atom stereocenters. The number of nitro benzene ring substituents is 1. The Morgan fingerprint density at radius 1 is 1.33 bits per heavy atom. The smallest absolute Gasteiger partial charge is 0.293 e. The minimum absolute atomic E-state index is 0.0267. The summed E-state index contributed by atoms with van der Waals surface area (Å²) in [6.45, 7) is 1.82. The van der Waals surface area contributed by atoms with Crippen LogP contribution in [0.25, 0.3) is 11.1 Å². The van der Waals surface area contributed by atoms with Crippen LogP contribution in [-0.4, -0.2) is 35.0 Å². The Morgan fingerprint density at radius 3 is 2.79 bits per heavy atom. The van der Waals surface area contributed by atoms with Crippen LogP contribution in [0.2, 0.25) is 0 Å². The van der Waals surface area contributed by atoms with Crippen molar-refractivity contribution in [1.29, 1.82) is 0 Å². The van der Waals surface area contributed by atoms with Crippen molar-refractivity contribution in [2.45, 2.75) is 25.4 Å². The molecule has 2 aromatic rings. The standard InChI is InChI=1S/C16H18N4O4/c1-18-9-13-14(11-3-2-4-12(15(11)18)20(22)23)16(21)17-19(13)10-5-7-24-8-6-10/h2-4,10H,5-9H2,1H3,(H,17,21). The number of rotatable bonds is 2. The molecule has 1 fully saturated rings. The second kappa shape index (κ2) is 5.48. The van der Waals surface area contributed by atoms with Gasteiger partial charge in [-0.25, -0.2) is 0 Å². The van der Waals surface area contributed by atoms with Gasteiger partial charge >= 0.3 is 0 Å². The molecule has 0 atom stereocenters. The van der Waals surface area contributed by atoms with Crippen LogP contribution in [0.15, 0.2) is 23.0 Å². The maximum atomic E-state index is 12.6. The first-order chi connectivity index (χ1) is 11.6. The highest BCUT2D eigenvalue weighted by Gasteiger charge is 2.33. The monoisotopic (exact) mass is 330 g/mol. The molecule has 4 rings (SSSR count). The quantitative estimate of drug-likeness (QED) is 0.672. The third kappa shape index (κ3) is 2.14. The lowest BCUT2D eigenvalue weighted by Gasteiger charge is -2.30. The number of nitrogens with one attached hydrogen (secondary N) is 1. The number of anilines is 1. The van der Waals surface area contributed by atoms with E-state index in [4.69, 9.17) is 4.74 Å². The zero-order chi connectivity index (χ0) is 16.8. The molecule has 1 aromatic carbocycles. The largest absolute Gasteiger partial charge is 0.381 e. The van der Waals surface area contributed by atoms with Crippen LogP contribution < -0.4 is 10.5 Å². The fourth-order valence-electron chi connectivity index (χ4n) is 3.76. The molecular weight excluding hydrogens is 312 g/mol. The van der Waals surface area contributed by atoms with Crippen LogP contribution in [0.3, 0.4) is 0 Å². The normalized spacial score (nSPS) is 17.5. The molecule has 8 heteroatoms. The van der Waals surface area contributed by atoms with Gasteiger partial charge in [0.25, 0.3) is 11.2 Å². The van der Waals surface area contributed by atoms with E-state index in [1.165, 1.54) is 6.07 Å². The van der Waals surface area contributed by atoms with Gasteiger partial charge in [-0.2, -0.15) is 0 Å². The molecule has 0 amide bonds. The number of ether oxygens (including phenoxy) is 1. The molecule has 24 heavy (non-hydrogen) atoms. The fourth-order valence-corrected chi connectivity index (χ4v) is 3.76. The highest BCUT2D eigenvalue weighted by atomic mass is 16.6. The van der Waals surface area contributed by atoms with Crippen molar-refractivity contribution >= 4 is 11.4 Å². The molecule has 1 aromatic heterocycles. The Hall–Kier alpha value is -2.61. The second-order valence-electron chi connectivity index (χ2n) is 6.26. The fraction of sp³-hybridized carbons (Fsp3) is 0.438. The third-order valence-electron chi connectivity index (χ3n) is 4.83. The first-order valence-corrected chi connectivity index (χ1v) is 7.98. The first kappa shape index (κ1) is 14.9. The number of aromatic amines is 1. The summed E-state index contributed by atoms with van der Waals surface area (Å²) in [6.07, 6.45) is 1.70. The highest BCUT2D eigenvalue weighted by Crippen LogP contribution is 2.43. The third-order valence-corrected chi connectivity index (χ3v) is 4.83. The average molecular weight is 330 g/mol. The summed E-state index contributed by atoms with van der Waals surface area (Å²) in [5.41, 5.74) is 2.41. The van der Waals surface area contributed by atoms with E-state index in [1.807, 2.05) is 16.6 Å². The minimum atomic E-state index is -0.399. The molecule has 1 saturated heterocycles. The SMILES string of the molecule is CN1Cc2c(c(=O)[nH]n2C2CCOCC2)-c2cccc([N+](=O)[O-])c21. The van der Waals surface area contributed by atoms with Crippen molar-refractivity contribution in [2.75, 3.05) is 25.2 Å². The van der Waals surface area contributed by atoms with Gasteiger partial charge in [0.05, 0.1) is 28.8 Å². The van der Waals surface area contributed by atoms with Gasteiger partial charge < -0.3 is 9.64 Å². The van der Waals surface area contributed by atoms with E-state index in [0.29, 0.717) is 36.6 Å². The van der Waals surface area contributed by atoms with Crippen molar-refractivity contribution in [3.63, 3.8) is 0 Å². The number of nitro groups is 1. The van der Waals surface area contributed by atoms with Crippen molar-refractivity contribution in [2.24, 2.45) is 0 Å². The molecule has 8 nitrogen and oxygen atoms in total. The van der Waals surface area contributed by atoms with Gasteiger partial charge in [-0.15, -0.1) is 0 Å². The van der Waals surface area contributed by atoms with E-state index in [-0.39, 0.29) is 17.3 Å². The van der Waals surface area contributed by atoms with Gasteiger partial charge in [-0.3, -0.25) is 24.7 Å². The first-order valence-electron chi connectivity index (χ1n) is 7.98. The molecule has 2 aliphatic heterocycles. The van der Waals surface area contributed by atoms with Gasteiger partial charge in [0.15, 0.2) is 0 Å². The lowest BCUT2D eigenvalue weighted by Crippen LogP contribution is -2.28. The van der Waals surface area contributed by atoms with Crippen molar-refractivity contribution < 1.29 is 9.66 Å². The van der Waals surface area contributed by atoms with Gasteiger partial charge in [0, 0.05) is 31.9 Å². The van der Waals surface area contributed by atoms with E-state index in [1.54, 1.807) is 12.1 Å². The molecular formula is C16H18N4O4. The van der Waals surface area contributed by atoms with E-state index >= 15 is 0 Å². The number of para-hydroxylation sites is 1. The Morgan fingerprint density at radius 2 is 2.08 bits per heavy atom. The molecule has 0 saturated carbocycles. The van der Waals surface area contributed by atoms with Gasteiger partial charge in [0.2, 0.25) is 0 Å². The second-order valence-corrected chi connectivity index (χ2v) is 6.26. The lowest BCUT2D eigenvalue weighted by molar-refractivity contribution is -0.384. The maximum absolute atomic E-state index is 12.6. The number of aromatic nitrogens is 2. The van der Waals surface area contributed by atoms with E-state index in [0.717, 1.165) is 18.5 Å². The number of fused-ring (bicyclic) bond motifs is 3. The number of H-pyrrole nitrogens is 1. The Labute approximate surface area is 137 Å². The zero-order valence-corrected chi connectivity index (χ0v) is 13.3. The zero-order valence-electron chi connectivity index (χ0n) is 13.3. The number of hydrogen-bond acceptors (Lipinski definition) is 5. The molecule has 0 radical (unpaired) electrons. The summed E-state index contributed by atoms with van der Waals surface area (Å²) in [7, 11) is 1.82. The van der Waals surface area contributed by atoms with Crippen molar-refractivity contribution in [1.82, 2.24) is 9.78 Å². The average Bonchev–Trinajstić information content (AvgIpc) is 2.92. The van der Waals surface area contributed by atoms with Crippen LogP contribution in [-0.2, 0) is 11.3 Å².